The number of amides is 1. The number of nitrogens with two attached hydrogens (primary N) is 1. The van der Waals surface area contributed by atoms with Gasteiger partial charge in [-0.2, -0.15) is 0 Å². The van der Waals surface area contributed by atoms with E-state index in [9.17, 15) is 13.4 Å². The summed E-state index contributed by atoms with van der Waals surface area (Å²) in [5.74, 6) is -0.975. The van der Waals surface area contributed by atoms with Crippen molar-refractivity contribution < 1.29 is 13.4 Å². The summed E-state index contributed by atoms with van der Waals surface area (Å²) in [5, 5.41) is 1.90. The smallest absolute Gasteiger partial charge is 0.239 e. The van der Waals surface area contributed by atoms with Gasteiger partial charge in [0.05, 0.1) is 5.69 Å². The maximum Gasteiger partial charge on any atom is 0.239 e. The van der Waals surface area contributed by atoms with Gasteiger partial charge < -0.3 is 11.1 Å². The molecule has 116 valence electrons. The molecule has 2 atom stereocenters. The van der Waals surface area contributed by atoms with Gasteiger partial charge in [-0.1, -0.05) is 19.3 Å². The Morgan fingerprint density at radius 1 is 1.38 bits per heavy atom. The zero-order valence-electron chi connectivity index (χ0n) is 12.1. The van der Waals surface area contributed by atoms with Crippen LogP contribution in [0.4, 0.5) is 15.8 Å². The lowest BCUT2D eigenvalue weighted by Crippen LogP contribution is -2.35. The highest BCUT2D eigenvalue weighted by molar-refractivity contribution is 7.87. The van der Waals surface area contributed by atoms with Gasteiger partial charge in [0.1, 0.15) is 11.1 Å². The first kappa shape index (κ1) is 15.9. The van der Waals surface area contributed by atoms with E-state index >= 15 is 0 Å². The Hall–Kier alpha value is -1.43. The molecule has 0 spiro atoms. The minimum absolute atomic E-state index is 0.0347. The van der Waals surface area contributed by atoms with E-state index in [1.54, 1.807) is 6.92 Å². The van der Waals surface area contributed by atoms with Crippen LogP contribution in [0.2, 0.25) is 0 Å². The number of hydrogen-bond donors (Lipinski definition) is 2. The van der Waals surface area contributed by atoms with Crippen LogP contribution in [-0.4, -0.2) is 20.6 Å². The third kappa shape index (κ3) is 4.03. The minimum Gasteiger partial charge on any atom is -0.399 e. The number of carbonyl (C=O) groups excluding carboxylic acids is 1. The van der Waals surface area contributed by atoms with Gasteiger partial charge in [0.15, 0.2) is 0 Å². The maximum absolute atomic E-state index is 13.6. The summed E-state index contributed by atoms with van der Waals surface area (Å²) < 4.78 is 26.0. The highest BCUT2D eigenvalue weighted by Crippen LogP contribution is 2.25. The number of halogens is 1. The molecular weight excluding hydrogens is 291 g/mol. The molecule has 0 radical (unpaired) electrons. The molecule has 2 unspecified atom stereocenters. The Labute approximate surface area is 126 Å². The van der Waals surface area contributed by atoms with Crippen LogP contribution in [0.1, 0.15) is 39.0 Å². The van der Waals surface area contributed by atoms with E-state index in [0.29, 0.717) is 5.69 Å². The zero-order valence-corrected chi connectivity index (χ0v) is 12.9. The summed E-state index contributed by atoms with van der Waals surface area (Å²) in [6.07, 6.45) is 5.10. The summed E-state index contributed by atoms with van der Waals surface area (Å²) in [7, 11) is -1.23. The van der Waals surface area contributed by atoms with Gasteiger partial charge in [0, 0.05) is 21.7 Å². The maximum atomic E-state index is 13.6. The van der Waals surface area contributed by atoms with Gasteiger partial charge in [0.25, 0.3) is 0 Å². The van der Waals surface area contributed by atoms with Crippen molar-refractivity contribution in [2.45, 2.75) is 49.5 Å². The number of benzene rings is 1. The molecular formula is C15H21FN2O2S. The molecule has 2 rings (SSSR count). The molecule has 1 aliphatic rings. The van der Waals surface area contributed by atoms with E-state index in [4.69, 9.17) is 5.73 Å². The lowest BCUT2D eigenvalue weighted by Gasteiger charge is -2.24. The standard InChI is InChI=1S/C15H21FN2O2S/c1-10(21(20)12-5-3-2-4-6-12)15(19)18-14-9-11(17)7-8-13(14)16/h7-10,12H,2-6,17H2,1H3,(H,18,19). The average Bonchev–Trinajstić information content (AvgIpc) is 2.50. The predicted octanol–water partition coefficient (Wildman–Crippen LogP) is 2.82. The van der Waals surface area contributed by atoms with Crippen LogP contribution in [0.3, 0.4) is 0 Å². The Balaban J connectivity index is 2.01. The summed E-state index contributed by atoms with van der Waals surface area (Å²) in [4.78, 5) is 12.1. The molecule has 1 aliphatic carbocycles. The molecule has 1 fully saturated rings. The normalized spacial score (nSPS) is 19.0. The topological polar surface area (TPSA) is 72.2 Å². The third-order valence-electron chi connectivity index (χ3n) is 3.85. The molecule has 1 aromatic carbocycles. The summed E-state index contributed by atoms with van der Waals surface area (Å²) in [6.45, 7) is 1.63. The van der Waals surface area contributed by atoms with E-state index in [1.165, 1.54) is 24.6 Å². The Kier molecular flexibility index (Phi) is 5.33. The Morgan fingerprint density at radius 3 is 2.71 bits per heavy atom. The number of nitrogens with one attached hydrogen (secondary N) is 1. The van der Waals surface area contributed by atoms with Crippen molar-refractivity contribution in [3.8, 4) is 0 Å². The van der Waals surface area contributed by atoms with Gasteiger partial charge in [-0.3, -0.25) is 9.00 Å². The fourth-order valence-corrected chi connectivity index (χ4v) is 4.21. The largest absolute Gasteiger partial charge is 0.399 e. The summed E-state index contributed by atoms with van der Waals surface area (Å²) >= 11 is 0. The molecule has 0 bridgehead atoms. The van der Waals surface area contributed by atoms with E-state index < -0.39 is 27.8 Å². The van der Waals surface area contributed by atoms with Crippen LogP contribution >= 0.6 is 0 Å². The van der Waals surface area contributed by atoms with Crippen molar-refractivity contribution in [1.82, 2.24) is 0 Å². The molecule has 3 N–H and O–H groups in total. The second kappa shape index (κ2) is 7.02. The molecule has 4 nitrogen and oxygen atoms in total. The number of carbonyl (C=O) groups is 1. The van der Waals surface area contributed by atoms with Crippen LogP contribution in [-0.2, 0) is 15.6 Å². The Morgan fingerprint density at radius 2 is 2.05 bits per heavy atom. The van der Waals surface area contributed by atoms with E-state index in [-0.39, 0.29) is 10.9 Å². The molecule has 0 aromatic heterocycles. The minimum atomic E-state index is -1.23. The fraction of sp³-hybridized carbons (Fsp3) is 0.533. The quantitative estimate of drug-likeness (QED) is 0.840. The van der Waals surface area contributed by atoms with Crippen molar-refractivity contribution in [2.24, 2.45) is 0 Å². The number of rotatable bonds is 4. The highest BCUT2D eigenvalue weighted by Gasteiger charge is 2.28. The third-order valence-corrected chi connectivity index (χ3v) is 5.89. The van der Waals surface area contributed by atoms with Gasteiger partial charge >= 0.3 is 0 Å². The van der Waals surface area contributed by atoms with E-state index in [0.717, 1.165) is 25.7 Å². The lowest BCUT2D eigenvalue weighted by molar-refractivity contribution is -0.115. The van der Waals surface area contributed by atoms with Gasteiger partial charge in [-0.15, -0.1) is 0 Å². The monoisotopic (exact) mass is 312 g/mol. The van der Waals surface area contributed by atoms with Crippen molar-refractivity contribution in [1.29, 1.82) is 0 Å². The fourth-order valence-electron chi connectivity index (χ4n) is 2.56. The first-order valence-electron chi connectivity index (χ1n) is 7.24. The van der Waals surface area contributed by atoms with Gasteiger partial charge in [-0.05, 0) is 38.0 Å². The molecule has 1 saturated carbocycles. The number of hydrogen-bond acceptors (Lipinski definition) is 3. The molecule has 0 saturated heterocycles. The molecule has 1 aromatic rings. The van der Waals surface area contributed by atoms with Crippen molar-refractivity contribution in [2.75, 3.05) is 11.1 Å². The number of nitrogen functional groups attached to an aromatic ring is 1. The predicted molar refractivity (Wildman–Crippen MR) is 83.9 cm³/mol. The molecule has 6 heteroatoms. The van der Waals surface area contributed by atoms with Crippen molar-refractivity contribution in [3.63, 3.8) is 0 Å². The SMILES string of the molecule is CC(C(=O)Nc1cc(N)ccc1F)S(=O)C1CCCCC1. The first-order valence-corrected chi connectivity index (χ1v) is 8.52. The highest BCUT2D eigenvalue weighted by atomic mass is 32.2. The Bertz CT molecular complexity index is 544. The van der Waals surface area contributed by atoms with Crippen LogP contribution in [0.25, 0.3) is 0 Å². The lowest BCUT2D eigenvalue weighted by atomic mass is 10.0. The van der Waals surface area contributed by atoms with Crippen molar-refractivity contribution >= 4 is 28.1 Å². The average molecular weight is 312 g/mol. The second-order valence-electron chi connectivity index (χ2n) is 5.46. The zero-order chi connectivity index (χ0) is 15.4. The molecule has 21 heavy (non-hydrogen) atoms. The van der Waals surface area contributed by atoms with E-state index in [1.807, 2.05) is 0 Å². The van der Waals surface area contributed by atoms with Crippen LogP contribution < -0.4 is 11.1 Å². The first-order chi connectivity index (χ1) is 9.99. The van der Waals surface area contributed by atoms with E-state index in [2.05, 4.69) is 5.32 Å². The van der Waals surface area contributed by atoms with Crippen LogP contribution in [0.15, 0.2) is 18.2 Å². The summed E-state index contributed by atoms with van der Waals surface area (Å²) in [5.41, 5.74) is 5.98. The van der Waals surface area contributed by atoms with Gasteiger partial charge in [0.2, 0.25) is 5.91 Å². The molecule has 0 aliphatic heterocycles. The second-order valence-corrected chi connectivity index (χ2v) is 7.49. The van der Waals surface area contributed by atoms with Crippen LogP contribution in [0, 0.1) is 5.82 Å². The molecule has 0 heterocycles. The van der Waals surface area contributed by atoms with Gasteiger partial charge in [-0.25, -0.2) is 4.39 Å². The molecule has 1 amide bonds. The summed E-state index contributed by atoms with van der Waals surface area (Å²) in [6, 6.07) is 3.99. The van der Waals surface area contributed by atoms with Crippen molar-refractivity contribution in [3.05, 3.63) is 24.0 Å². The van der Waals surface area contributed by atoms with Crippen LogP contribution in [0.5, 0.6) is 0 Å². The number of anilines is 2.